The molecule has 1 aliphatic heterocycles. The quantitative estimate of drug-likeness (QED) is 0.891. The van der Waals surface area contributed by atoms with Crippen LogP contribution in [0.1, 0.15) is 31.4 Å². The Labute approximate surface area is 109 Å². The summed E-state index contributed by atoms with van der Waals surface area (Å²) in [4.78, 5) is 0. The second-order valence-electron chi connectivity index (χ2n) is 6.14. The number of nitrogens with two attached hydrogens (primary N) is 1. The largest absolute Gasteiger partial charge is 0.496 e. The van der Waals surface area contributed by atoms with E-state index in [4.69, 9.17) is 15.2 Å². The molecule has 0 aromatic heterocycles. The molecule has 1 fully saturated rings. The zero-order chi connectivity index (χ0) is 13.4. The van der Waals surface area contributed by atoms with Gasteiger partial charge in [-0.05, 0) is 33.3 Å². The fourth-order valence-electron chi connectivity index (χ4n) is 2.81. The molecule has 3 nitrogen and oxygen atoms in total. The van der Waals surface area contributed by atoms with Crippen LogP contribution in [-0.2, 0) is 10.2 Å². The Bertz CT molecular complexity index is 431. The summed E-state index contributed by atoms with van der Waals surface area (Å²) in [5, 5.41) is 0. The summed E-state index contributed by atoms with van der Waals surface area (Å²) in [6.45, 7) is 7.69. The Balaban J connectivity index is 2.41. The molecule has 2 N–H and O–H groups in total. The van der Waals surface area contributed by atoms with Gasteiger partial charge in [0.2, 0.25) is 0 Å². The van der Waals surface area contributed by atoms with Gasteiger partial charge in [-0.15, -0.1) is 0 Å². The third-order valence-electron chi connectivity index (χ3n) is 3.48. The Kier molecular flexibility index (Phi) is 3.39. The molecule has 3 heteroatoms. The van der Waals surface area contributed by atoms with Crippen molar-refractivity contribution in [3.8, 4) is 5.75 Å². The summed E-state index contributed by atoms with van der Waals surface area (Å²) in [7, 11) is 1.72. The molecule has 100 valence electrons. The molecule has 0 spiro atoms. The highest BCUT2D eigenvalue weighted by Crippen LogP contribution is 2.43. The number of rotatable bonds is 4. The third kappa shape index (κ3) is 2.52. The fourth-order valence-corrected chi connectivity index (χ4v) is 2.81. The SMILES string of the molecule is COc1ccc(C)cc1C1(CC(C)(C)N)COC1. The average Bonchev–Trinajstić information content (AvgIpc) is 2.22. The van der Waals surface area contributed by atoms with Gasteiger partial charge in [0, 0.05) is 16.5 Å². The third-order valence-corrected chi connectivity index (χ3v) is 3.48. The predicted octanol–water partition coefficient (Wildman–Crippen LogP) is 2.40. The summed E-state index contributed by atoms with van der Waals surface area (Å²) in [5.74, 6) is 0.938. The van der Waals surface area contributed by atoms with Gasteiger partial charge in [-0.1, -0.05) is 17.7 Å². The normalized spacial score (nSPS) is 18.3. The highest BCUT2D eigenvalue weighted by atomic mass is 16.5. The Morgan fingerprint density at radius 2 is 2.06 bits per heavy atom. The lowest BCUT2D eigenvalue weighted by molar-refractivity contribution is -0.0727. The van der Waals surface area contributed by atoms with Crippen molar-refractivity contribution in [1.29, 1.82) is 0 Å². The maximum Gasteiger partial charge on any atom is 0.122 e. The summed E-state index contributed by atoms with van der Waals surface area (Å²) in [5.41, 5.74) is 8.48. The Hall–Kier alpha value is -1.06. The number of aryl methyl sites for hydroxylation is 1. The number of hydrogen-bond acceptors (Lipinski definition) is 3. The number of ether oxygens (including phenoxy) is 2. The maximum absolute atomic E-state index is 6.20. The topological polar surface area (TPSA) is 44.5 Å². The lowest BCUT2D eigenvalue weighted by Gasteiger charge is -2.46. The summed E-state index contributed by atoms with van der Waals surface area (Å²) >= 11 is 0. The Morgan fingerprint density at radius 1 is 1.39 bits per heavy atom. The molecule has 1 heterocycles. The van der Waals surface area contributed by atoms with E-state index in [0.717, 1.165) is 25.4 Å². The molecule has 0 atom stereocenters. The lowest BCUT2D eigenvalue weighted by atomic mass is 9.70. The highest BCUT2D eigenvalue weighted by Gasteiger charge is 2.45. The molecule has 0 unspecified atom stereocenters. The molecule has 0 amide bonds. The van der Waals surface area contributed by atoms with Gasteiger partial charge >= 0.3 is 0 Å². The zero-order valence-corrected chi connectivity index (χ0v) is 11.7. The van der Waals surface area contributed by atoms with Crippen molar-refractivity contribution in [2.75, 3.05) is 20.3 Å². The second kappa shape index (κ2) is 4.56. The standard InChI is InChI=1S/C15H23NO2/c1-11-5-6-13(17-4)12(7-11)15(9-18-10-15)8-14(2,3)16/h5-7H,8-10,16H2,1-4H3. The fraction of sp³-hybridized carbons (Fsp3) is 0.600. The van der Waals surface area contributed by atoms with E-state index in [1.165, 1.54) is 11.1 Å². The van der Waals surface area contributed by atoms with Gasteiger partial charge in [0.15, 0.2) is 0 Å². The first-order valence-electron chi connectivity index (χ1n) is 6.38. The van der Waals surface area contributed by atoms with Crippen molar-refractivity contribution < 1.29 is 9.47 Å². The van der Waals surface area contributed by atoms with E-state index >= 15 is 0 Å². The predicted molar refractivity (Wildman–Crippen MR) is 73.1 cm³/mol. The zero-order valence-electron chi connectivity index (χ0n) is 11.7. The van der Waals surface area contributed by atoms with Gasteiger partial charge in [-0.2, -0.15) is 0 Å². The van der Waals surface area contributed by atoms with Crippen molar-refractivity contribution in [2.45, 2.75) is 38.1 Å². The van der Waals surface area contributed by atoms with Crippen molar-refractivity contribution in [3.05, 3.63) is 29.3 Å². The van der Waals surface area contributed by atoms with Crippen LogP contribution in [0.25, 0.3) is 0 Å². The number of benzene rings is 1. The average molecular weight is 249 g/mol. The van der Waals surface area contributed by atoms with E-state index in [9.17, 15) is 0 Å². The van der Waals surface area contributed by atoms with Gasteiger partial charge in [0.25, 0.3) is 0 Å². The first kappa shape index (κ1) is 13.4. The molecule has 0 saturated carbocycles. The number of hydrogen-bond donors (Lipinski definition) is 1. The molecule has 0 bridgehead atoms. The van der Waals surface area contributed by atoms with Crippen molar-refractivity contribution in [1.82, 2.24) is 0 Å². The van der Waals surface area contributed by atoms with Gasteiger partial charge in [0.05, 0.1) is 20.3 Å². The summed E-state index contributed by atoms with van der Waals surface area (Å²) < 4.78 is 11.0. The van der Waals surface area contributed by atoms with Crippen LogP contribution < -0.4 is 10.5 Å². The van der Waals surface area contributed by atoms with Gasteiger partial charge in [-0.25, -0.2) is 0 Å². The number of methoxy groups -OCH3 is 1. The van der Waals surface area contributed by atoms with Crippen LogP contribution in [-0.4, -0.2) is 25.9 Å². The second-order valence-corrected chi connectivity index (χ2v) is 6.14. The van der Waals surface area contributed by atoms with Crippen LogP contribution in [0.4, 0.5) is 0 Å². The minimum Gasteiger partial charge on any atom is -0.496 e. The molecule has 0 aliphatic carbocycles. The first-order valence-corrected chi connectivity index (χ1v) is 6.38. The van der Waals surface area contributed by atoms with E-state index in [2.05, 4.69) is 32.9 Å². The van der Waals surface area contributed by atoms with Gasteiger partial charge in [0.1, 0.15) is 5.75 Å². The van der Waals surface area contributed by atoms with Crippen LogP contribution in [0.5, 0.6) is 5.75 Å². The first-order chi connectivity index (χ1) is 8.36. The molecular formula is C15H23NO2. The molecule has 1 saturated heterocycles. The molecular weight excluding hydrogens is 226 g/mol. The minimum atomic E-state index is -0.210. The van der Waals surface area contributed by atoms with Gasteiger partial charge in [-0.3, -0.25) is 0 Å². The van der Waals surface area contributed by atoms with Crippen LogP contribution in [0.3, 0.4) is 0 Å². The van der Waals surface area contributed by atoms with E-state index in [-0.39, 0.29) is 11.0 Å². The summed E-state index contributed by atoms with van der Waals surface area (Å²) in [6.07, 6.45) is 0.903. The van der Waals surface area contributed by atoms with Crippen molar-refractivity contribution in [3.63, 3.8) is 0 Å². The smallest absolute Gasteiger partial charge is 0.122 e. The van der Waals surface area contributed by atoms with Crippen LogP contribution in [0.2, 0.25) is 0 Å². The van der Waals surface area contributed by atoms with Crippen molar-refractivity contribution >= 4 is 0 Å². The van der Waals surface area contributed by atoms with Crippen LogP contribution in [0, 0.1) is 6.92 Å². The molecule has 0 radical (unpaired) electrons. The Morgan fingerprint density at radius 3 is 2.50 bits per heavy atom. The van der Waals surface area contributed by atoms with Gasteiger partial charge < -0.3 is 15.2 Å². The van der Waals surface area contributed by atoms with Crippen molar-refractivity contribution in [2.24, 2.45) is 5.73 Å². The highest BCUT2D eigenvalue weighted by molar-refractivity contribution is 5.44. The molecule has 2 rings (SSSR count). The summed E-state index contributed by atoms with van der Waals surface area (Å²) in [6, 6.07) is 6.31. The van der Waals surface area contributed by atoms with E-state index in [1.54, 1.807) is 7.11 Å². The molecule has 18 heavy (non-hydrogen) atoms. The minimum absolute atomic E-state index is 0.00954. The lowest BCUT2D eigenvalue weighted by Crippen LogP contribution is -2.53. The molecule has 1 aliphatic rings. The van der Waals surface area contributed by atoms with E-state index in [1.807, 2.05) is 6.07 Å². The van der Waals surface area contributed by atoms with E-state index < -0.39 is 0 Å². The molecule has 1 aromatic carbocycles. The van der Waals surface area contributed by atoms with E-state index in [0.29, 0.717) is 0 Å². The molecule has 1 aromatic rings. The van der Waals surface area contributed by atoms with Crippen LogP contribution in [0.15, 0.2) is 18.2 Å². The maximum atomic E-state index is 6.20. The monoisotopic (exact) mass is 249 g/mol. The van der Waals surface area contributed by atoms with Crippen LogP contribution >= 0.6 is 0 Å².